The molecule has 2 aliphatic rings. The van der Waals surface area contributed by atoms with Gasteiger partial charge in [-0.1, -0.05) is 12.1 Å². The first-order valence-corrected chi connectivity index (χ1v) is 6.49. The highest BCUT2D eigenvalue weighted by Gasteiger charge is 2.45. The molecule has 1 aromatic rings. The van der Waals surface area contributed by atoms with Crippen LogP contribution in [-0.2, 0) is 9.59 Å². The molecule has 6 heteroatoms. The number of carbonyl (C=O) groups excluding carboxylic acids is 3. The summed E-state index contributed by atoms with van der Waals surface area (Å²) in [6.45, 7) is 0. The van der Waals surface area contributed by atoms with E-state index in [9.17, 15) is 18.8 Å². The van der Waals surface area contributed by atoms with Gasteiger partial charge in [-0.2, -0.15) is 0 Å². The Kier molecular flexibility index (Phi) is 3.00. The second-order valence-corrected chi connectivity index (χ2v) is 5.06. The Hall–Kier alpha value is -2.24. The molecule has 1 aliphatic carbocycles. The van der Waals surface area contributed by atoms with Crippen molar-refractivity contribution in [3.63, 3.8) is 0 Å². The van der Waals surface area contributed by atoms with Gasteiger partial charge in [-0.3, -0.25) is 19.7 Å². The quantitative estimate of drug-likeness (QED) is 0.832. The number of halogens is 1. The molecule has 0 spiro atoms. The van der Waals surface area contributed by atoms with Gasteiger partial charge in [-0.05, 0) is 25.0 Å². The molecular formula is C14H13FN2O3. The molecule has 1 N–H and O–H groups in total. The Morgan fingerprint density at radius 2 is 1.95 bits per heavy atom. The molecule has 0 bridgehead atoms. The maximum atomic E-state index is 13.7. The maximum absolute atomic E-state index is 13.7. The van der Waals surface area contributed by atoms with Crippen LogP contribution < -0.4 is 5.32 Å². The number of rotatable bonds is 3. The topological polar surface area (TPSA) is 66.5 Å². The molecule has 20 heavy (non-hydrogen) atoms. The van der Waals surface area contributed by atoms with Crippen LogP contribution in [0, 0.1) is 5.82 Å². The van der Waals surface area contributed by atoms with Crippen LogP contribution in [0.5, 0.6) is 0 Å². The van der Waals surface area contributed by atoms with Crippen molar-refractivity contribution in [1.29, 1.82) is 0 Å². The summed E-state index contributed by atoms with van der Waals surface area (Å²) in [7, 11) is 0. The molecular weight excluding hydrogens is 263 g/mol. The van der Waals surface area contributed by atoms with E-state index in [0.717, 1.165) is 12.8 Å². The van der Waals surface area contributed by atoms with Crippen molar-refractivity contribution in [3.05, 3.63) is 35.6 Å². The summed E-state index contributed by atoms with van der Waals surface area (Å²) in [6, 6.07) is 4.77. The molecule has 1 saturated heterocycles. The third-order valence-corrected chi connectivity index (χ3v) is 3.56. The highest BCUT2D eigenvalue weighted by atomic mass is 19.1. The van der Waals surface area contributed by atoms with Crippen molar-refractivity contribution < 1.29 is 18.8 Å². The molecule has 1 saturated carbocycles. The van der Waals surface area contributed by atoms with Crippen molar-refractivity contribution in [3.8, 4) is 0 Å². The van der Waals surface area contributed by atoms with E-state index in [1.165, 1.54) is 23.1 Å². The van der Waals surface area contributed by atoms with Gasteiger partial charge >= 0.3 is 0 Å². The summed E-state index contributed by atoms with van der Waals surface area (Å²) in [4.78, 5) is 36.9. The summed E-state index contributed by atoms with van der Waals surface area (Å²) >= 11 is 0. The zero-order chi connectivity index (χ0) is 14.3. The Morgan fingerprint density at radius 3 is 2.50 bits per heavy atom. The summed E-state index contributed by atoms with van der Waals surface area (Å²) in [5.74, 6) is -2.02. The van der Waals surface area contributed by atoms with Crippen molar-refractivity contribution in [1.82, 2.24) is 10.2 Å². The molecule has 3 amide bonds. The fourth-order valence-corrected chi connectivity index (χ4v) is 2.45. The predicted octanol–water partition coefficient (Wildman–Crippen LogP) is 0.845. The number of nitrogens with one attached hydrogen (secondary N) is 1. The van der Waals surface area contributed by atoms with Crippen LogP contribution in [0.25, 0.3) is 0 Å². The van der Waals surface area contributed by atoms with Gasteiger partial charge in [0, 0.05) is 6.04 Å². The SMILES string of the molecule is O=C1C[C@@H](N(C(=O)c2ccccc2F)C2CC2)C(=O)N1. The summed E-state index contributed by atoms with van der Waals surface area (Å²) in [5, 5.41) is 2.19. The molecule has 1 aliphatic heterocycles. The zero-order valence-electron chi connectivity index (χ0n) is 10.6. The van der Waals surface area contributed by atoms with Crippen molar-refractivity contribution in [2.45, 2.75) is 31.3 Å². The van der Waals surface area contributed by atoms with Gasteiger partial charge in [-0.25, -0.2) is 4.39 Å². The van der Waals surface area contributed by atoms with Gasteiger partial charge in [0.2, 0.25) is 11.8 Å². The number of amides is 3. The van der Waals surface area contributed by atoms with E-state index >= 15 is 0 Å². The van der Waals surface area contributed by atoms with Crippen molar-refractivity contribution >= 4 is 17.7 Å². The first-order valence-electron chi connectivity index (χ1n) is 6.49. The Bertz CT molecular complexity index is 598. The maximum Gasteiger partial charge on any atom is 0.257 e. The third kappa shape index (κ3) is 2.17. The smallest absolute Gasteiger partial charge is 0.257 e. The fraction of sp³-hybridized carbons (Fsp3) is 0.357. The monoisotopic (exact) mass is 276 g/mol. The van der Waals surface area contributed by atoms with Gasteiger partial charge in [0.25, 0.3) is 5.91 Å². The lowest BCUT2D eigenvalue weighted by atomic mass is 10.1. The van der Waals surface area contributed by atoms with Gasteiger partial charge in [0.15, 0.2) is 0 Å². The van der Waals surface area contributed by atoms with Gasteiger partial charge in [0.05, 0.1) is 12.0 Å². The number of nitrogens with zero attached hydrogens (tertiary/aromatic N) is 1. The summed E-state index contributed by atoms with van der Waals surface area (Å²) in [6.07, 6.45) is 1.51. The lowest BCUT2D eigenvalue weighted by Crippen LogP contribution is -2.46. The molecule has 0 unspecified atom stereocenters. The summed E-state index contributed by atoms with van der Waals surface area (Å²) in [5.41, 5.74) is -0.0634. The lowest BCUT2D eigenvalue weighted by Gasteiger charge is -2.26. The van der Waals surface area contributed by atoms with Gasteiger partial charge in [-0.15, -0.1) is 0 Å². The molecule has 1 atom stereocenters. The highest BCUT2D eigenvalue weighted by molar-refractivity contribution is 6.08. The van der Waals surface area contributed by atoms with Crippen molar-refractivity contribution in [2.75, 3.05) is 0 Å². The molecule has 1 heterocycles. The second-order valence-electron chi connectivity index (χ2n) is 5.06. The largest absolute Gasteiger partial charge is 0.323 e. The number of hydrogen-bond acceptors (Lipinski definition) is 3. The normalized spacial score (nSPS) is 21.8. The Labute approximate surface area is 114 Å². The standard InChI is InChI=1S/C14H13FN2O3/c15-10-4-2-1-3-9(10)14(20)17(8-5-6-8)11-7-12(18)16-13(11)19/h1-4,8,11H,5-7H2,(H,16,18,19)/t11-/m1/s1. The second kappa shape index (κ2) is 4.70. The van der Waals surface area contributed by atoms with Crippen molar-refractivity contribution in [2.24, 2.45) is 0 Å². The third-order valence-electron chi connectivity index (χ3n) is 3.56. The first-order chi connectivity index (χ1) is 9.58. The van der Waals surface area contributed by atoms with Crippen LogP contribution in [0.15, 0.2) is 24.3 Å². The molecule has 0 aromatic heterocycles. The lowest BCUT2D eigenvalue weighted by molar-refractivity contribution is -0.126. The fourth-order valence-electron chi connectivity index (χ4n) is 2.45. The zero-order valence-corrected chi connectivity index (χ0v) is 10.6. The number of imide groups is 1. The minimum absolute atomic E-state index is 0.0461. The van der Waals surface area contributed by atoms with E-state index in [0.29, 0.717) is 0 Å². The minimum atomic E-state index is -0.817. The summed E-state index contributed by atoms with van der Waals surface area (Å²) < 4.78 is 13.7. The van der Waals surface area contributed by atoms with E-state index in [4.69, 9.17) is 0 Å². The number of carbonyl (C=O) groups is 3. The molecule has 5 nitrogen and oxygen atoms in total. The van der Waals surface area contributed by atoms with Crippen LogP contribution in [0.4, 0.5) is 4.39 Å². The first kappa shape index (κ1) is 12.8. The molecule has 2 fully saturated rings. The van der Waals surface area contributed by atoms with Crippen LogP contribution in [-0.4, -0.2) is 34.7 Å². The molecule has 3 rings (SSSR count). The van der Waals surface area contributed by atoms with E-state index in [-0.39, 0.29) is 18.0 Å². The molecule has 1 aromatic carbocycles. The van der Waals surface area contributed by atoms with E-state index in [2.05, 4.69) is 5.32 Å². The minimum Gasteiger partial charge on any atom is -0.323 e. The van der Waals surface area contributed by atoms with Crippen LogP contribution in [0.3, 0.4) is 0 Å². The average Bonchev–Trinajstić information content (AvgIpc) is 3.17. The van der Waals surface area contributed by atoms with Crippen LogP contribution >= 0.6 is 0 Å². The molecule has 0 radical (unpaired) electrons. The predicted molar refractivity (Wildman–Crippen MR) is 67.1 cm³/mol. The van der Waals surface area contributed by atoms with Gasteiger partial charge < -0.3 is 4.90 Å². The number of benzene rings is 1. The van der Waals surface area contributed by atoms with Gasteiger partial charge in [0.1, 0.15) is 11.9 Å². The average molecular weight is 276 g/mol. The molecule has 104 valence electrons. The van der Waals surface area contributed by atoms with E-state index in [1.54, 1.807) is 6.07 Å². The van der Waals surface area contributed by atoms with Crippen LogP contribution in [0.1, 0.15) is 29.6 Å². The van der Waals surface area contributed by atoms with E-state index < -0.39 is 29.6 Å². The number of hydrogen-bond donors (Lipinski definition) is 1. The highest BCUT2D eigenvalue weighted by Crippen LogP contribution is 2.32. The van der Waals surface area contributed by atoms with Crippen LogP contribution in [0.2, 0.25) is 0 Å². The Morgan fingerprint density at radius 1 is 1.25 bits per heavy atom. The van der Waals surface area contributed by atoms with E-state index in [1.807, 2.05) is 0 Å². The Balaban J connectivity index is 1.92.